The first-order valence-corrected chi connectivity index (χ1v) is 8.05. The number of nitrogens with one attached hydrogen (secondary N) is 1. The van der Waals surface area contributed by atoms with Crippen molar-refractivity contribution in [3.8, 4) is 5.75 Å². The van der Waals surface area contributed by atoms with Gasteiger partial charge in [0.05, 0.1) is 11.6 Å². The zero-order valence-corrected chi connectivity index (χ0v) is 12.1. The third-order valence-corrected chi connectivity index (χ3v) is 6.43. The summed E-state index contributed by atoms with van der Waals surface area (Å²) in [6, 6.07) is 8.19. The van der Waals surface area contributed by atoms with E-state index < -0.39 is 0 Å². The zero-order chi connectivity index (χ0) is 13.0. The monoisotopic (exact) mass is 291 g/mol. The number of H-pyrrole nitrogens is 1. The molecule has 0 bridgehead atoms. The van der Waals surface area contributed by atoms with E-state index in [2.05, 4.69) is 18.0 Å². The van der Waals surface area contributed by atoms with Crippen molar-refractivity contribution in [2.24, 2.45) is 5.41 Å². The molecule has 3 nitrogen and oxygen atoms in total. The number of thiazole rings is 1. The Morgan fingerprint density at radius 3 is 3.16 bits per heavy atom. The van der Waals surface area contributed by atoms with E-state index in [1.165, 1.54) is 21.8 Å². The standard InChI is InChI=1S/C14H13NO2S2/c1-14-6-17-9-5-3-2-4-8(9)10(14)11-12(18-7-14)15-13(16)19-11/h2-5,10H,6-7H2,1H3,(H,15,16)/t10-,14+/m0/s1. The van der Waals surface area contributed by atoms with Crippen LogP contribution in [0.1, 0.15) is 23.3 Å². The highest BCUT2D eigenvalue weighted by Crippen LogP contribution is 2.55. The molecule has 98 valence electrons. The van der Waals surface area contributed by atoms with Gasteiger partial charge in [-0.25, -0.2) is 0 Å². The summed E-state index contributed by atoms with van der Waals surface area (Å²) in [5, 5.41) is 1.05. The molecule has 0 aliphatic carbocycles. The molecule has 0 spiro atoms. The molecule has 4 rings (SSSR count). The van der Waals surface area contributed by atoms with E-state index in [4.69, 9.17) is 4.74 Å². The Morgan fingerprint density at radius 1 is 1.42 bits per heavy atom. The molecule has 2 atom stereocenters. The van der Waals surface area contributed by atoms with Gasteiger partial charge in [0, 0.05) is 27.5 Å². The molecule has 2 aromatic rings. The maximum atomic E-state index is 11.7. The van der Waals surface area contributed by atoms with Gasteiger partial charge in [0.1, 0.15) is 5.75 Å². The summed E-state index contributed by atoms with van der Waals surface area (Å²) in [7, 11) is 0. The van der Waals surface area contributed by atoms with E-state index in [1.807, 2.05) is 18.2 Å². The lowest BCUT2D eigenvalue weighted by atomic mass is 9.72. The summed E-state index contributed by atoms with van der Waals surface area (Å²) in [5.74, 6) is 2.22. The maximum Gasteiger partial charge on any atom is 0.305 e. The van der Waals surface area contributed by atoms with Gasteiger partial charge in [-0.1, -0.05) is 36.5 Å². The Balaban J connectivity index is 1.98. The Hall–Kier alpha value is -1.20. The van der Waals surface area contributed by atoms with Crippen molar-refractivity contribution in [3.05, 3.63) is 44.4 Å². The molecule has 0 fully saturated rings. The minimum atomic E-state index is 0.0470. The molecule has 3 heterocycles. The number of aromatic amines is 1. The Bertz CT molecular complexity index is 705. The van der Waals surface area contributed by atoms with Gasteiger partial charge in [-0.05, 0) is 6.07 Å². The minimum absolute atomic E-state index is 0.0470. The summed E-state index contributed by atoms with van der Waals surface area (Å²) in [4.78, 5) is 15.9. The lowest BCUT2D eigenvalue weighted by Gasteiger charge is -2.44. The predicted molar refractivity (Wildman–Crippen MR) is 77.6 cm³/mol. The third kappa shape index (κ3) is 1.61. The molecule has 1 aromatic carbocycles. The number of benzene rings is 1. The van der Waals surface area contributed by atoms with Crippen LogP contribution in [0.3, 0.4) is 0 Å². The molecule has 5 heteroatoms. The molecule has 2 aliphatic rings. The van der Waals surface area contributed by atoms with Gasteiger partial charge in [0.25, 0.3) is 0 Å². The van der Waals surface area contributed by atoms with E-state index in [1.54, 1.807) is 11.8 Å². The maximum absolute atomic E-state index is 11.7. The van der Waals surface area contributed by atoms with Gasteiger partial charge in [0.15, 0.2) is 0 Å². The largest absolute Gasteiger partial charge is 0.493 e. The highest BCUT2D eigenvalue weighted by molar-refractivity contribution is 7.99. The van der Waals surface area contributed by atoms with Gasteiger partial charge in [0.2, 0.25) is 0 Å². The van der Waals surface area contributed by atoms with Crippen LogP contribution in [0.15, 0.2) is 34.1 Å². The number of aromatic nitrogens is 1. The van der Waals surface area contributed by atoms with Crippen LogP contribution >= 0.6 is 23.1 Å². The molecule has 0 unspecified atom stereocenters. The van der Waals surface area contributed by atoms with Crippen LogP contribution in [0.5, 0.6) is 5.75 Å². The molecule has 0 amide bonds. The Kier molecular flexibility index (Phi) is 2.38. The fraction of sp³-hybridized carbons (Fsp3) is 0.357. The lowest BCUT2D eigenvalue weighted by Crippen LogP contribution is -2.40. The van der Waals surface area contributed by atoms with Crippen molar-refractivity contribution in [2.45, 2.75) is 17.9 Å². The summed E-state index contributed by atoms with van der Waals surface area (Å²) >= 11 is 3.09. The molecule has 0 saturated heterocycles. The van der Waals surface area contributed by atoms with Crippen molar-refractivity contribution in [1.82, 2.24) is 4.98 Å². The number of fused-ring (bicyclic) bond motifs is 5. The number of thioether (sulfide) groups is 1. The first-order chi connectivity index (χ1) is 9.17. The zero-order valence-electron chi connectivity index (χ0n) is 10.4. The molecular weight excluding hydrogens is 278 g/mol. The first kappa shape index (κ1) is 11.6. The van der Waals surface area contributed by atoms with Crippen molar-refractivity contribution in [3.63, 3.8) is 0 Å². The number of hydrogen-bond donors (Lipinski definition) is 1. The predicted octanol–water partition coefficient (Wildman–Crippen LogP) is 3.07. The number of ether oxygens (including phenoxy) is 1. The number of para-hydroxylation sites is 1. The van der Waals surface area contributed by atoms with Gasteiger partial charge in [-0.15, -0.1) is 11.8 Å². The Labute approximate surface area is 119 Å². The second-order valence-corrected chi connectivity index (χ2v) is 7.41. The van der Waals surface area contributed by atoms with Crippen molar-refractivity contribution >= 4 is 23.1 Å². The quantitative estimate of drug-likeness (QED) is 0.811. The Morgan fingerprint density at radius 2 is 2.26 bits per heavy atom. The second-order valence-electron chi connectivity index (χ2n) is 5.41. The first-order valence-electron chi connectivity index (χ1n) is 6.25. The summed E-state index contributed by atoms with van der Waals surface area (Å²) in [5.41, 5.74) is 1.28. The van der Waals surface area contributed by atoms with E-state index in [-0.39, 0.29) is 16.2 Å². The van der Waals surface area contributed by atoms with Crippen LogP contribution in [0.25, 0.3) is 0 Å². The van der Waals surface area contributed by atoms with Crippen LogP contribution in [0.2, 0.25) is 0 Å². The van der Waals surface area contributed by atoms with E-state index >= 15 is 0 Å². The second kappa shape index (κ2) is 3.90. The van der Waals surface area contributed by atoms with Gasteiger partial charge < -0.3 is 9.72 Å². The molecular formula is C14H13NO2S2. The molecule has 1 aromatic heterocycles. The average Bonchev–Trinajstić information content (AvgIpc) is 2.78. The van der Waals surface area contributed by atoms with Crippen LogP contribution in [0.4, 0.5) is 0 Å². The molecule has 0 radical (unpaired) electrons. The molecule has 19 heavy (non-hydrogen) atoms. The number of rotatable bonds is 0. The molecule has 0 saturated carbocycles. The molecule has 2 aliphatic heterocycles. The summed E-state index contributed by atoms with van der Waals surface area (Å²) < 4.78 is 5.92. The van der Waals surface area contributed by atoms with Crippen molar-refractivity contribution in [2.75, 3.05) is 12.4 Å². The van der Waals surface area contributed by atoms with Crippen LogP contribution in [0, 0.1) is 5.41 Å². The molecule has 1 N–H and O–H groups in total. The normalized spacial score (nSPS) is 27.9. The highest BCUT2D eigenvalue weighted by atomic mass is 32.2. The van der Waals surface area contributed by atoms with E-state index in [0.29, 0.717) is 6.61 Å². The summed E-state index contributed by atoms with van der Waals surface area (Å²) in [6.45, 7) is 2.97. The smallest absolute Gasteiger partial charge is 0.305 e. The van der Waals surface area contributed by atoms with Gasteiger partial charge in [-0.3, -0.25) is 4.79 Å². The SMILES string of the molecule is C[C@]12COc3ccccc3[C@H]1c1sc(=O)[nH]c1SC2. The van der Waals surface area contributed by atoms with Gasteiger partial charge >= 0.3 is 4.87 Å². The van der Waals surface area contributed by atoms with Crippen LogP contribution < -0.4 is 9.61 Å². The highest BCUT2D eigenvalue weighted by Gasteiger charge is 2.46. The lowest BCUT2D eigenvalue weighted by molar-refractivity contribution is 0.137. The van der Waals surface area contributed by atoms with Crippen molar-refractivity contribution in [1.29, 1.82) is 0 Å². The number of hydrogen-bond acceptors (Lipinski definition) is 4. The topological polar surface area (TPSA) is 42.1 Å². The van der Waals surface area contributed by atoms with E-state index in [9.17, 15) is 4.79 Å². The van der Waals surface area contributed by atoms with E-state index in [0.717, 1.165) is 16.5 Å². The van der Waals surface area contributed by atoms with Crippen molar-refractivity contribution < 1.29 is 4.74 Å². The van der Waals surface area contributed by atoms with Gasteiger partial charge in [-0.2, -0.15) is 0 Å². The summed E-state index contributed by atoms with van der Waals surface area (Å²) in [6.07, 6.45) is 0. The fourth-order valence-corrected chi connectivity index (χ4v) is 5.54. The average molecular weight is 291 g/mol. The minimum Gasteiger partial charge on any atom is -0.493 e. The third-order valence-electron chi connectivity index (χ3n) is 3.93. The van der Waals surface area contributed by atoms with Crippen LogP contribution in [-0.4, -0.2) is 17.3 Å². The fourth-order valence-electron chi connectivity index (χ4n) is 2.99. The van der Waals surface area contributed by atoms with Crippen LogP contribution in [-0.2, 0) is 0 Å².